The van der Waals surface area contributed by atoms with Crippen molar-refractivity contribution in [1.82, 2.24) is 0 Å². The predicted octanol–water partition coefficient (Wildman–Crippen LogP) is 6.16. The molecular formula is C29H35N3O5Si. The number of hydrogen-bond acceptors (Lipinski definition) is 6. The second-order valence-electron chi connectivity index (χ2n) is 9.74. The maximum atomic E-state index is 12.5. The Morgan fingerprint density at radius 1 is 0.947 bits per heavy atom. The second kappa shape index (κ2) is 13.1. The summed E-state index contributed by atoms with van der Waals surface area (Å²) in [7, 11) is -1.38. The molecular weight excluding hydrogens is 498 g/mol. The van der Waals surface area contributed by atoms with Gasteiger partial charge in [-0.15, -0.1) is 0 Å². The van der Waals surface area contributed by atoms with Crippen molar-refractivity contribution in [2.45, 2.75) is 44.9 Å². The highest BCUT2D eigenvalue weighted by Crippen LogP contribution is 2.38. The van der Waals surface area contributed by atoms with Crippen LogP contribution in [0, 0.1) is 0 Å². The third-order valence-corrected chi connectivity index (χ3v) is 11.4. The molecule has 200 valence electrons. The number of azide groups is 1. The second-order valence-corrected chi connectivity index (χ2v) is 14.0. The largest absolute Gasteiger partial charge is 0.508 e. The monoisotopic (exact) mass is 533 g/mol. The first-order valence-electron chi connectivity index (χ1n) is 12.5. The van der Waals surface area contributed by atoms with Crippen molar-refractivity contribution in [3.63, 3.8) is 0 Å². The van der Waals surface area contributed by atoms with Crippen LogP contribution in [0.2, 0.25) is 5.04 Å². The van der Waals surface area contributed by atoms with Gasteiger partial charge < -0.3 is 18.6 Å². The number of carbonyl (C=O) groups excluding carboxylic acids is 1. The molecule has 8 nitrogen and oxygen atoms in total. The van der Waals surface area contributed by atoms with Gasteiger partial charge in [0.15, 0.2) is 0 Å². The number of ether oxygens (including phenoxy) is 3. The van der Waals surface area contributed by atoms with Crippen molar-refractivity contribution in [3.05, 3.63) is 101 Å². The molecule has 0 heterocycles. The molecule has 3 rings (SSSR count). The maximum Gasteiger partial charge on any atom is 0.508 e. The standard InChI is InChI=1S/C29H35N3O5Si/c1-6-35-28(33)37-26(27(31-32-30)22-17-19-23(34-5)20-18-22)21-36-38(29(2,3)4,24-13-9-7-10-14-24)25-15-11-8-12-16-25/h7-20,26-27H,6,21H2,1-5H3/t26-,27-/m0/s1. The quantitative estimate of drug-likeness (QED) is 0.0965. The van der Waals surface area contributed by atoms with E-state index in [-0.39, 0.29) is 18.3 Å². The summed E-state index contributed by atoms with van der Waals surface area (Å²) in [6, 6.07) is 26.5. The van der Waals surface area contributed by atoms with E-state index in [4.69, 9.17) is 18.6 Å². The number of hydrogen-bond donors (Lipinski definition) is 0. The number of rotatable bonds is 11. The smallest absolute Gasteiger partial charge is 0.497 e. The van der Waals surface area contributed by atoms with E-state index in [1.807, 2.05) is 36.4 Å². The highest BCUT2D eigenvalue weighted by atomic mass is 28.4. The van der Waals surface area contributed by atoms with E-state index in [0.717, 1.165) is 10.4 Å². The molecule has 0 bridgehead atoms. The van der Waals surface area contributed by atoms with Crippen molar-refractivity contribution in [2.75, 3.05) is 20.3 Å². The fraction of sp³-hybridized carbons (Fsp3) is 0.345. The minimum Gasteiger partial charge on any atom is -0.497 e. The molecule has 0 aliphatic heterocycles. The van der Waals surface area contributed by atoms with E-state index < -0.39 is 26.6 Å². The summed E-state index contributed by atoms with van der Waals surface area (Å²) in [4.78, 5) is 15.6. The summed E-state index contributed by atoms with van der Waals surface area (Å²) in [6.45, 7) is 8.32. The molecule has 0 aromatic heterocycles. The van der Waals surface area contributed by atoms with Crippen LogP contribution in [-0.4, -0.2) is 40.9 Å². The zero-order valence-corrected chi connectivity index (χ0v) is 23.5. The summed E-state index contributed by atoms with van der Waals surface area (Å²) in [5, 5.41) is 5.88. The molecule has 9 heteroatoms. The van der Waals surface area contributed by atoms with E-state index in [1.165, 1.54) is 0 Å². The first kappa shape index (κ1) is 28.8. The van der Waals surface area contributed by atoms with Gasteiger partial charge in [0.25, 0.3) is 8.32 Å². The van der Waals surface area contributed by atoms with E-state index >= 15 is 0 Å². The highest BCUT2D eigenvalue weighted by molar-refractivity contribution is 6.99. The molecule has 0 radical (unpaired) electrons. The van der Waals surface area contributed by atoms with Crippen LogP contribution in [0.25, 0.3) is 10.4 Å². The Morgan fingerprint density at radius 2 is 1.50 bits per heavy atom. The molecule has 0 amide bonds. The zero-order valence-electron chi connectivity index (χ0n) is 22.5. The molecule has 0 fully saturated rings. The summed E-state index contributed by atoms with van der Waals surface area (Å²) in [6.07, 6.45) is -1.80. The van der Waals surface area contributed by atoms with Crippen LogP contribution >= 0.6 is 0 Å². The van der Waals surface area contributed by atoms with Crippen LogP contribution in [0.4, 0.5) is 4.79 Å². The Balaban J connectivity index is 2.10. The van der Waals surface area contributed by atoms with Crippen molar-refractivity contribution < 1.29 is 23.4 Å². The van der Waals surface area contributed by atoms with Crippen molar-refractivity contribution >= 4 is 24.8 Å². The number of benzene rings is 3. The van der Waals surface area contributed by atoms with Gasteiger partial charge in [0.2, 0.25) is 0 Å². The fourth-order valence-corrected chi connectivity index (χ4v) is 9.22. The molecule has 0 spiro atoms. The van der Waals surface area contributed by atoms with Gasteiger partial charge in [-0.3, -0.25) is 0 Å². The van der Waals surface area contributed by atoms with Crippen LogP contribution < -0.4 is 15.1 Å². The van der Waals surface area contributed by atoms with Crippen molar-refractivity contribution in [2.24, 2.45) is 5.11 Å². The van der Waals surface area contributed by atoms with Crippen LogP contribution in [0.1, 0.15) is 39.3 Å². The Morgan fingerprint density at radius 3 is 1.95 bits per heavy atom. The van der Waals surface area contributed by atoms with Gasteiger partial charge in [-0.2, -0.15) is 0 Å². The first-order valence-corrected chi connectivity index (χ1v) is 14.4. The molecule has 0 aliphatic rings. The van der Waals surface area contributed by atoms with E-state index in [2.05, 4.69) is 55.1 Å². The minimum atomic E-state index is -2.95. The average molecular weight is 534 g/mol. The lowest BCUT2D eigenvalue weighted by molar-refractivity contribution is -0.00216. The molecule has 0 aliphatic carbocycles. The van der Waals surface area contributed by atoms with Gasteiger partial charge in [0.05, 0.1) is 20.3 Å². The molecule has 0 saturated heterocycles. The molecule has 0 unspecified atom stereocenters. The molecule has 2 atom stereocenters. The van der Waals surface area contributed by atoms with Crippen molar-refractivity contribution in [3.8, 4) is 5.75 Å². The maximum absolute atomic E-state index is 12.5. The van der Waals surface area contributed by atoms with Gasteiger partial charge in [0.1, 0.15) is 17.9 Å². The first-order chi connectivity index (χ1) is 18.3. The number of carbonyl (C=O) groups is 1. The molecule has 3 aromatic rings. The topological polar surface area (TPSA) is 103 Å². The van der Waals surface area contributed by atoms with Crippen LogP contribution in [0.5, 0.6) is 5.75 Å². The average Bonchev–Trinajstić information content (AvgIpc) is 2.92. The van der Waals surface area contributed by atoms with E-state index in [9.17, 15) is 10.3 Å². The lowest BCUT2D eigenvalue weighted by Gasteiger charge is -2.43. The molecule has 38 heavy (non-hydrogen) atoms. The third kappa shape index (κ3) is 6.55. The number of methoxy groups -OCH3 is 1. The van der Waals surface area contributed by atoms with Crippen LogP contribution in [0.3, 0.4) is 0 Å². The highest BCUT2D eigenvalue weighted by Gasteiger charge is 2.51. The Bertz CT molecular complexity index is 1170. The van der Waals surface area contributed by atoms with Gasteiger partial charge in [-0.25, -0.2) is 4.79 Å². The van der Waals surface area contributed by atoms with E-state index in [0.29, 0.717) is 11.3 Å². The molecule has 0 saturated carbocycles. The SMILES string of the molecule is CCOC(=O)O[C@@H](CO[Si](c1ccccc1)(c1ccccc1)C(C)(C)C)[C@@H](N=[N+]=[N-])c1ccc(OC)cc1. The lowest BCUT2D eigenvalue weighted by Crippen LogP contribution is -2.67. The van der Waals surface area contributed by atoms with Gasteiger partial charge in [-0.1, -0.05) is 98.7 Å². The summed E-state index contributed by atoms with van der Waals surface area (Å²) in [5.74, 6) is 0.653. The van der Waals surface area contributed by atoms with Crippen molar-refractivity contribution in [1.29, 1.82) is 0 Å². The van der Waals surface area contributed by atoms with E-state index in [1.54, 1.807) is 38.3 Å². The minimum absolute atomic E-state index is 0.0121. The van der Waals surface area contributed by atoms with Crippen LogP contribution in [0.15, 0.2) is 90.0 Å². The Labute approximate surface area is 225 Å². The van der Waals surface area contributed by atoms with Crippen LogP contribution in [-0.2, 0) is 13.9 Å². The van der Waals surface area contributed by atoms with Gasteiger partial charge >= 0.3 is 6.16 Å². The normalized spacial score (nSPS) is 13.1. The zero-order chi connectivity index (χ0) is 27.6. The molecule has 0 N–H and O–H groups in total. The molecule has 3 aromatic carbocycles. The summed E-state index contributed by atoms with van der Waals surface area (Å²) >= 11 is 0. The van der Waals surface area contributed by atoms with Gasteiger partial charge in [-0.05, 0) is 45.6 Å². The Kier molecular flexibility index (Phi) is 9.96. The lowest BCUT2D eigenvalue weighted by atomic mass is 10.0. The number of nitrogens with zero attached hydrogens (tertiary/aromatic N) is 3. The Hall–Kier alpha value is -3.78. The van der Waals surface area contributed by atoms with Gasteiger partial charge in [0, 0.05) is 4.91 Å². The predicted molar refractivity (Wildman–Crippen MR) is 150 cm³/mol. The summed E-state index contributed by atoms with van der Waals surface area (Å²) in [5.41, 5.74) is 10.1. The fourth-order valence-electron chi connectivity index (χ4n) is 4.65. The third-order valence-electron chi connectivity index (χ3n) is 6.38. The summed E-state index contributed by atoms with van der Waals surface area (Å²) < 4.78 is 23.1.